The summed E-state index contributed by atoms with van der Waals surface area (Å²) >= 11 is 0. The zero-order valence-electron chi connectivity index (χ0n) is 23.6. The highest BCUT2D eigenvalue weighted by Gasteiger charge is 2.39. The highest BCUT2D eigenvalue weighted by atomic mass is 16.2. The second-order valence-corrected chi connectivity index (χ2v) is 12.0. The summed E-state index contributed by atoms with van der Waals surface area (Å²) in [6.45, 7) is 13.4. The topological polar surface area (TPSA) is 68.1 Å². The zero-order chi connectivity index (χ0) is 27.7. The summed E-state index contributed by atoms with van der Waals surface area (Å²) in [5, 5.41) is 0.979. The number of aryl methyl sites for hydroxylation is 3. The molecule has 6 heteroatoms. The molecule has 0 aliphatic carbocycles. The Balaban J connectivity index is 1.87. The third-order valence-electron chi connectivity index (χ3n) is 6.57. The van der Waals surface area contributed by atoms with Crippen LogP contribution >= 0.6 is 0 Å². The fourth-order valence-electron chi connectivity index (χ4n) is 4.50. The first-order valence-electron chi connectivity index (χ1n) is 13.2. The van der Waals surface area contributed by atoms with Crippen LogP contribution < -0.4 is 4.90 Å². The number of aromatic nitrogens is 3. The van der Waals surface area contributed by atoms with Crippen molar-refractivity contribution in [1.82, 2.24) is 14.5 Å². The molecule has 0 radical (unpaired) electrons. The van der Waals surface area contributed by atoms with E-state index in [2.05, 4.69) is 47.2 Å². The fourth-order valence-corrected chi connectivity index (χ4v) is 4.50. The Morgan fingerprint density at radius 3 is 1.82 bits per heavy atom. The van der Waals surface area contributed by atoms with Crippen LogP contribution in [0, 0.1) is 17.8 Å². The van der Waals surface area contributed by atoms with Gasteiger partial charge in [0, 0.05) is 29.0 Å². The van der Waals surface area contributed by atoms with E-state index in [-0.39, 0.29) is 17.8 Å². The summed E-state index contributed by atoms with van der Waals surface area (Å²) in [5.41, 5.74) is 3.50. The van der Waals surface area contributed by atoms with Gasteiger partial charge in [-0.3, -0.25) is 9.59 Å². The summed E-state index contributed by atoms with van der Waals surface area (Å²) < 4.78 is 2.12. The molecule has 2 aromatic heterocycles. The van der Waals surface area contributed by atoms with Gasteiger partial charge in [-0.05, 0) is 36.5 Å². The first-order valence-corrected chi connectivity index (χ1v) is 13.2. The standard InChI is InChI=1S/C32H38N4O2/c1-22-26-25(19-18-23-14-10-8-11-15-23)21-35(20-24-16-12-9-13-17-24)27(26)34-30(33-22)36(28(37)31(2,3)4)29(38)32(5,6)7/h8-17,21H,18-20H2,1-7H3. The van der Waals surface area contributed by atoms with E-state index in [1.807, 2.05) is 72.7 Å². The predicted octanol–water partition coefficient (Wildman–Crippen LogP) is 6.53. The van der Waals surface area contributed by atoms with E-state index in [9.17, 15) is 9.59 Å². The van der Waals surface area contributed by atoms with E-state index in [1.165, 1.54) is 10.5 Å². The first kappa shape index (κ1) is 27.2. The maximum absolute atomic E-state index is 13.6. The van der Waals surface area contributed by atoms with Gasteiger partial charge in [-0.2, -0.15) is 4.98 Å². The number of benzene rings is 2. The second kappa shape index (κ2) is 10.5. The zero-order valence-corrected chi connectivity index (χ0v) is 23.6. The van der Waals surface area contributed by atoms with Crippen molar-refractivity contribution in [1.29, 1.82) is 0 Å². The number of amides is 2. The quantitative estimate of drug-likeness (QED) is 0.296. The molecular weight excluding hydrogens is 472 g/mol. The SMILES string of the molecule is Cc1nc(N(C(=O)C(C)(C)C)C(=O)C(C)(C)C)nc2c1c(CCc1ccccc1)cn2Cc1ccccc1. The van der Waals surface area contributed by atoms with Crippen LogP contribution in [0.4, 0.5) is 5.95 Å². The van der Waals surface area contributed by atoms with E-state index >= 15 is 0 Å². The maximum Gasteiger partial charge on any atom is 0.241 e. The maximum atomic E-state index is 13.6. The summed E-state index contributed by atoms with van der Waals surface area (Å²) in [6, 6.07) is 20.6. The number of fused-ring (bicyclic) bond motifs is 1. The van der Waals surface area contributed by atoms with Gasteiger partial charge >= 0.3 is 0 Å². The van der Waals surface area contributed by atoms with Gasteiger partial charge in [0.25, 0.3) is 0 Å². The van der Waals surface area contributed by atoms with Crippen LogP contribution in [0.15, 0.2) is 66.9 Å². The van der Waals surface area contributed by atoms with Gasteiger partial charge in [-0.15, -0.1) is 0 Å². The first-order chi connectivity index (χ1) is 17.9. The van der Waals surface area contributed by atoms with Crippen LogP contribution in [0.5, 0.6) is 0 Å². The molecule has 0 fully saturated rings. The normalized spacial score (nSPS) is 12.1. The highest BCUT2D eigenvalue weighted by Crippen LogP contribution is 2.31. The molecule has 0 saturated carbocycles. The number of imide groups is 1. The average molecular weight is 511 g/mol. The number of carbonyl (C=O) groups is 2. The Morgan fingerprint density at radius 2 is 1.29 bits per heavy atom. The van der Waals surface area contributed by atoms with Crippen LogP contribution in [0.2, 0.25) is 0 Å². The van der Waals surface area contributed by atoms with Gasteiger partial charge in [-0.1, -0.05) is 102 Å². The van der Waals surface area contributed by atoms with Crippen LogP contribution in [-0.4, -0.2) is 26.3 Å². The van der Waals surface area contributed by atoms with Gasteiger partial charge < -0.3 is 4.57 Å². The third kappa shape index (κ3) is 5.85. The lowest BCUT2D eigenvalue weighted by molar-refractivity contribution is -0.134. The average Bonchev–Trinajstić information content (AvgIpc) is 3.20. The molecule has 2 aromatic carbocycles. The molecule has 0 aliphatic heterocycles. The Labute approximate surface area is 225 Å². The number of anilines is 1. The number of hydrogen-bond acceptors (Lipinski definition) is 4. The van der Waals surface area contributed by atoms with E-state index < -0.39 is 10.8 Å². The largest absolute Gasteiger partial charge is 0.328 e. The number of hydrogen-bond donors (Lipinski definition) is 0. The molecule has 0 bridgehead atoms. The Hall–Kier alpha value is -3.80. The van der Waals surface area contributed by atoms with Gasteiger partial charge in [0.1, 0.15) is 5.65 Å². The Morgan fingerprint density at radius 1 is 0.763 bits per heavy atom. The molecule has 6 nitrogen and oxygen atoms in total. The summed E-state index contributed by atoms with van der Waals surface area (Å²) in [6.07, 6.45) is 3.87. The summed E-state index contributed by atoms with van der Waals surface area (Å²) in [7, 11) is 0. The molecular formula is C32H38N4O2. The smallest absolute Gasteiger partial charge is 0.241 e. The third-order valence-corrected chi connectivity index (χ3v) is 6.57. The van der Waals surface area contributed by atoms with Crippen LogP contribution in [0.25, 0.3) is 11.0 Å². The monoisotopic (exact) mass is 510 g/mol. The number of rotatable bonds is 6. The molecule has 2 amide bonds. The molecule has 2 heterocycles. The molecule has 0 aliphatic rings. The van der Waals surface area contributed by atoms with Crippen molar-refractivity contribution in [3.8, 4) is 0 Å². The molecule has 4 aromatic rings. The minimum Gasteiger partial charge on any atom is -0.328 e. The molecule has 38 heavy (non-hydrogen) atoms. The van der Waals surface area contributed by atoms with Crippen LogP contribution in [0.3, 0.4) is 0 Å². The van der Waals surface area contributed by atoms with E-state index in [0.29, 0.717) is 6.54 Å². The van der Waals surface area contributed by atoms with Crippen molar-refractivity contribution in [2.75, 3.05) is 4.90 Å². The highest BCUT2D eigenvalue weighted by molar-refractivity contribution is 6.17. The van der Waals surface area contributed by atoms with Crippen molar-refractivity contribution in [2.24, 2.45) is 10.8 Å². The molecule has 0 atom stereocenters. The van der Waals surface area contributed by atoms with Gasteiger partial charge in [0.05, 0.1) is 5.69 Å². The van der Waals surface area contributed by atoms with Crippen LogP contribution in [0.1, 0.15) is 63.9 Å². The second-order valence-electron chi connectivity index (χ2n) is 12.0. The lowest BCUT2D eigenvalue weighted by atomic mass is 9.90. The molecule has 0 saturated heterocycles. The van der Waals surface area contributed by atoms with Gasteiger partial charge in [0.2, 0.25) is 17.8 Å². The molecule has 0 N–H and O–H groups in total. The minimum atomic E-state index is -0.778. The fraction of sp³-hybridized carbons (Fsp3) is 0.375. The molecule has 0 spiro atoms. The van der Waals surface area contributed by atoms with Crippen molar-refractivity contribution >= 4 is 28.8 Å². The van der Waals surface area contributed by atoms with E-state index in [0.717, 1.165) is 40.7 Å². The molecule has 4 rings (SSSR count). The van der Waals surface area contributed by atoms with E-state index in [4.69, 9.17) is 9.97 Å². The molecule has 198 valence electrons. The van der Waals surface area contributed by atoms with Crippen molar-refractivity contribution < 1.29 is 9.59 Å². The summed E-state index contributed by atoms with van der Waals surface area (Å²) in [5.74, 6) is -0.500. The van der Waals surface area contributed by atoms with Gasteiger partial charge in [-0.25, -0.2) is 9.88 Å². The Kier molecular flexibility index (Phi) is 7.54. The van der Waals surface area contributed by atoms with Crippen molar-refractivity contribution in [3.05, 3.63) is 89.2 Å². The lowest BCUT2D eigenvalue weighted by Gasteiger charge is -2.31. The molecule has 0 unspecified atom stereocenters. The predicted molar refractivity (Wildman–Crippen MR) is 153 cm³/mol. The van der Waals surface area contributed by atoms with E-state index in [1.54, 1.807) is 0 Å². The van der Waals surface area contributed by atoms with Gasteiger partial charge in [0.15, 0.2) is 0 Å². The summed E-state index contributed by atoms with van der Waals surface area (Å²) in [4.78, 5) is 38.0. The number of nitrogens with zero attached hydrogens (tertiary/aromatic N) is 4. The number of carbonyl (C=O) groups excluding carboxylic acids is 2. The lowest BCUT2D eigenvalue weighted by Crippen LogP contribution is -2.49. The van der Waals surface area contributed by atoms with Crippen molar-refractivity contribution in [2.45, 2.75) is 67.9 Å². The minimum absolute atomic E-state index is 0.136. The van der Waals surface area contributed by atoms with Crippen molar-refractivity contribution in [3.63, 3.8) is 0 Å². The Bertz CT molecular complexity index is 1420. The van der Waals surface area contributed by atoms with Crippen LogP contribution in [-0.2, 0) is 29.0 Å².